The molecule has 1 aromatic carbocycles. The molecule has 0 radical (unpaired) electrons. The van der Waals surface area contributed by atoms with Crippen molar-refractivity contribution in [1.29, 1.82) is 0 Å². The Hall–Kier alpha value is -1.31. The van der Waals surface area contributed by atoms with Gasteiger partial charge in [-0.05, 0) is 35.0 Å². The van der Waals surface area contributed by atoms with Crippen LogP contribution >= 0.6 is 15.9 Å². The highest BCUT2D eigenvalue weighted by atomic mass is 79.9. The van der Waals surface area contributed by atoms with E-state index in [-0.39, 0.29) is 4.90 Å². The largest absolute Gasteiger partial charge is 0.252 e. The maximum Gasteiger partial charge on any atom is 0.238 e. The van der Waals surface area contributed by atoms with E-state index in [0.717, 1.165) is 5.56 Å². The van der Waals surface area contributed by atoms with Crippen LogP contribution < -0.4 is 5.14 Å². The second kappa shape index (κ2) is 4.75. The molecular weight excluding hydrogens is 318 g/mol. The molecule has 94 valence electrons. The lowest BCUT2D eigenvalue weighted by Gasteiger charge is -2.08. The summed E-state index contributed by atoms with van der Waals surface area (Å²) in [4.78, 5) is 8.21. The fourth-order valence-electron chi connectivity index (χ4n) is 1.54. The van der Waals surface area contributed by atoms with Gasteiger partial charge in [0.1, 0.15) is 4.60 Å². The van der Waals surface area contributed by atoms with Crippen LogP contribution in [0.5, 0.6) is 0 Å². The standard InChI is InChI=1S/C11H10BrN3O2S/c1-7-2-3-10(18(13,16)17)8(4-7)9-5-15-11(12)6-14-9/h2-6H,1H3,(H2,13,16,17). The first-order chi connectivity index (χ1) is 8.38. The highest BCUT2D eigenvalue weighted by Crippen LogP contribution is 2.26. The van der Waals surface area contributed by atoms with Crippen LogP contribution in [-0.4, -0.2) is 18.4 Å². The van der Waals surface area contributed by atoms with E-state index in [9.17, 15) is 8.42 Å². The third-order valence-corrected chi connectivity index (χ3v) is 3.72. The van der Waals surface area contributed by atoms with Gasteiger partial charge in [0.05, 0.1) is 23.0 Å². The van der Waals surface area contributed by atoms with E-state index in [0.29, 0.717) is 15.9 Å². The summed E-state index contributed by atoms with van der Waals surface area (Å²) in [6.45, 7) is 1.86. The third-order valence-electron chi connectivity index (χ3n) is 2.34. The first kappa shape index (κ1) is 13.1. The van der Waals surface area contributed by atoms with Gasteiger partial charge in [0.2, 0.25) is 10.0 Å². The molecule has 5 nitrogen and oxygen atoms in total. The Bertz CT molecular complexity index is 684. The van der Waals surface area contributed by atoms with Crippen molar-refractivity contribution in [2.24, 2.45) is 5.14 Å². The number of hydrogen-bond acceptors (Lipinski definition) is 4. The molecule has 0 saturated heterocycles. The quantitative estimate of drug-likeness (QED) is 0.912. The number of hydrogen-bond donors (Lipinski definition) is 1. The average molecular weight is 328 g/mol. The number of benzene rings is 1. The summed E-state index contributed by atoms with van der Waals surface area (Å²) in [5, 5.41) is 5.19. The minimum absolute atomic E-state index is 0.0460. The van der Waals surface area contributed by atoms with Crippen molar-refractivity contribution in [3.8, 4) is 11.3 Å². The van der Waals surface area contributed by atoms with Gasteiger partial charge in [-0.2, -0.15) is 0 Å². The van der Waals surface area contributed by atoms with Crippen molar-refractivity contribution < 1.29 is 8.42 Å². The van der Waals surface area contributed by atoms with Crippen molar-refractivity contribution in [1.82, 2.24) is 9.97 Å². The third kappa shape index (κ3) is 2.74. The molecule has 0 aliphatic rings. The lowest BCUT2D eigenvalue weighted by molar-refractivity contribution is 0.598. The normalized spacial score (nSPS) is 11.5. The van der Waals surface area contributed by atoms with Crippen LogP contribution in [0.25, 0.3) is 11.3 Å². The number of nitrogens with zero attached hydrogens (tertiary/aromatic N) is 2. The van der Waals surface area contributed by atoms with Crippen molar-refractivity contribution in [3.05, 3.63) is 40.8 Å². The van der Waals surface area contributed by atoms with Crippen LogP contribution in [-0.2, 0) is 10.0 Å². The molecule has 2 aromatic rings. The van der Waals surface area contributed by atoms with E-state index < -0.39 is 10.0 Å². The Labute approximate surface area is 113 Å². The second-order valence-electron chi connectivity index (χ2n) is 3.77. The maximum absolute atomic E-state index is 11.5. The van der Waals surface area contributed by atoms with Crippen molar-refractivity contribution >= 4 is 26.0 Å². The van der Waals surface area contributed by atoms with Crippen LogP contribution in [0, 0.1) is 6.92 Å². The lowest BCUT2D eigenvalue weighted by Crippen LogP contribution is -2.13. The molecular formula is C11H10BrN3O2S. The number of primary sulfonamides is 1. The van der Waals surface area contributed by atoms with E-state index in [1.165, 1.54) is 18.5 Å². The van der Waals surface area contributed by atoms with Crippen molar-refractivity contribution in [2.45, 2.75) is 11.8 Å². The molecule has 0 saturated carbocycles. The van der Waals surface area contributed by atoms with E-state index in [1.807, 2.05) is 6.92 Å². The molecule has 1 heterocycles. The van der Waals surface area contributed by atoms with Crippen LogP contribution in [0.15, 0.2) is 40.1 Å². The summed E-state index contributed by atoms with van der Waals surface area (Å²) in [5.74, 6) is 0. The van der Waals surface area contributed by atoms with Gasteiger partial charge in [0.25, 0.3) is 0 Å². The minimum atomic E-state index is -3.79. The summed E-state index contributed by atoms with van der Waals surface area (Å²) in [5.41, 5.74) is 1.84. The predicted octanol–water partition coefficient (Wildman–Crippen LogP) is 1.86. The molecule has 0 spiro atoms. The molecule has 7 heteroatoms. The molecule has 0 atom stereocenters. The highest BCUT2D eigenvalue weighted by Gasteiger charge is 2.16. The molecule has 0 amide bonds. The first-order valence-corrected chi connectivity index (χ1v) is 7.33. The van der Waals surface area contributed by atoms with Gasteiger partial charge in [-0.25, -0.2) is 18.5 Å². The van der Waals surface area contributed by atoms with Crippen LogP contribution in [0.3, 0.4) is 0 Å². The highest BCUT2D eigenvalue weighted by molar-refractivity contribution is 9.10. The monoisotopic (exact) mass is 327 g/mol. The van der Waals surface area contributed by atoms with Gasteiger partial charge in [-0.15, -0.1) is 0 Å². The fourth-order valence-corrected chi connectivity index (χ4v) is 2.48. The van der Waals surface area contributed by atoms with Gasteiger partial charge in [-0.1, -0.05) is 11.6 Å². The Morgan fingerprint density at radius 1 is 1.22 bits per heavy atom. The Morgan fingerprint density at radius 2 is 1.94 bits per heavy atom. The number of rotatable bonds is 2. The van der Waals surface area contributed by atoms with E-state index >= 15 is 0 Å². The van der Waals surface area contributed by atoms with E-state index in [2.05, 4.69) is 25.9 Å². The lowest BCUT2D eigenvalue weighted by atomic mass is 10.1. The average Bonchev–Trinajstić information content (AvgIpc) is 2.28. The maximum atomic E-state index is 11.5. The van der Waals surface area contributed by atoms with Gasteiger partial charge in [0, 0.05) is 5.56 Å². The van der Waals surface area contributed by atoms with E-state index in [4.69, 9.17) is 5.14 Å². The summed E-state index contributed by atoms with van der Waals surface area (Å²) >= 11 is 3.17. The molecule has 0 aliphatic heterocycles. The topological polar surface area (TPSA) is 85.9 Å². The number of nitrogens with two attached hydrogens (primary N) is 1. The summed E-state index contributed by atoms with van der Waals surface area (Å²) in [6.07, 6.45) is 3.00. The smallest absolute Gasteiger partial charge is 0.238 e. The number of aryl methyl sites for hydroxylation is 1. The molecule has 0 unspecified atom stereocenters. The van der Waals surface area contributed by atoms with Crippen molar-refractivity contribution in [2.75, 3.05) is 0 Å². The predicted molar refractivity (Wildman–Crippen MR) is 71.3 cm³/mol. The van der Waals surface area contributed by atoms with Crippen molar-refractivity contribution in [3.63, 3.8) is 0 Å². The SMILES string of the molecule is Cc1ccc(S(N)(=O)=O)c(-c2cnc(Br)cn2)c1. The Balaban J connectivity index is 2.69. The molecule has 18 heavy (non-hydrogen) atoms. The zero-order chi connectivity index (χ0) is 13.3. The van der Waals surface area contributed by atoms with Gasteiger partial charge in [-0.3, -0.25) is 4.98 Å². The van der Waals surface area contributed by atoms with Gasteiger partial charge >= 0.3 is 0 Å². The zero-order valence-corrected chi connectivity index (χ0v) is 11.9. The Kier molecular flexibility index (Phi) is 3.47. The fraction of sp³-hybridized carbons (Fsp3) is 0.0909. The van der Waals surface area contributed by atoms with Crippen LogP contribution in [0.4, 0.5) is 0 Å². The molecule has 0 bridgehead atoms. The zero-order valence-electron chi connectivity index (χ0n) is 9.46. The van der Waals surface area contributed by atoms with Gasteiger partial charge in [0.15, 0.2) is 0 Å². The summed E-state index contributed by atoms with van der Waals surface area (Å²) in [7, 11) is -3.79. The number of halogens is 1. The summed E-state index contributed by atoms with van der Waals surface area (Å²) in [6, 6.07) is 4.89. The van der Waals surface area contributed by atoms with E-state index in [1.54, 1.807) is 12.1 Å². The molecule has 2 rings (SSSR count). The molecule has 0 fully saturated rings. The summed E-state index contributed by atoms with van der Waals surface area (Å²) < 4.78 is 23.6. The van der Waals surface area contributed by atoms with Gasteiger partial charge < -0.3 is 0 Å². The Morgan fingerprint density at radius 3 is 2.50 bits per heavy atom. The second-order valence-corrected chi connectivity index (χ2v) is 6.11. The van der Waals surface area contributed by atoms with Crippen LogP contribution in [0.2, 0.25) is 0 Å². The number of sulfonamides is 1. The molecule has 1 aromatic heterocycles. The van der Waals surface area contributed by atoms with Crippen LogP contribution in [0.1, 0.15) is 5.56 Å². The number of aromatic nitrogens is 2. The molecule has 2 N–H and O–H groups in total. The minimum Gasteiger partial charge on any atom is -0.252 e. The first-order valence-electron chi connectivity index (χ1n) is 4.99. The molecule has 0 aliphatic carbocycles.